The molecule has 1 aliphatic carbocycles. The second-order valence-electron chi connectivity index (χ2n) is 6.92. The lowest BCUT2D eigenvalue weighted by atomic mass is 9.96. The Morgan fingerprint density at radius 1 is 1.14 bits per heavy atom. The van der Waals surface area contributed by atoms with Gasteiger partial charge in [-0.3, -0.25) is 4.99 Å². The quantitative estimate of drug-likeness (QED) is 0.475. The SMILES string of the molecule is CN=C(NCc1cccc(S(=O)(=O)NC)c1)NCC1(c2cccc(Cl)c2)CC1. The van der Waals surface area contributed by atoms with Gasteiger partial charge < -0.3 is 10.6 Å². The number of benzene rings is 2. The molecule has 8 heteroatoms. The van der Waals surface area contributed by atoms with E-state index in [0.717, 1.165) is 30.0 Å². The molecule has 0 heterocycles. The number of hydrogen-bond donors (Lipinski definition) is 3. The van der Waals surface area contributed by atoms with Gasteiger partial charge in [0.25, 0.3) is 0 Å². The lowest BCUT2D eigenvalue weighted by Gasteiger charge is -2.19. The molecule has 28 heavy (non-hydrogen) atoms. The predicted octanol–water partition coefficient (Wildman–Crippen LogP) is 2.64. The van der Waals surface area contributed by atoms with Gasteiger partial charge in [0.2, 0.25) is 10.0 Å². The zero-order valence-corrected chi connectivity index (χ0v) is 17.6. The highest BCUT2D eigenvalue weighted by Crippen LogP contribution is 2.48. The third-order valence-electron chi connectivity index (χ3n) is 5.05. The molecule has 1 saturated carbocycles. The molecular formula is C20H25ClN4O2S. The summed E-state index contributed by atoms with van der Waals surface area (Å²) in [7, 11) is -0.334. The summed E-state index contributed by atoms with van der Waals surface area (Å²) in [5.74, 6) is 0.676. The highest BCUT2D eigenvalue weighted by molar-refractivity contribution is 7.89. The van der Waals surface area contributed by atoms with Crippen LogP contribution in [0.25, 0.3) is 0 Å². The smallest absolute Gasteiger partial charge is 0.240 e. The van der Waals surface area contributed by atoms with Crippen LogP contribution in [0.1, 0.15) is 24.0 Å². The van der Waals surface area contributed by atoms with Crippen LogP contribution in [0.15, 0.2) is 58.4 Å². The molecule has 0 bridgehead atoms. The van der Waals surface area contributed by atoms with Crippen molar-refractivity contribution in [2.75, 3.05) is 20.6 Å². The molecule has 1 fully saturated rings. The summed E-state index contributed by atoms with van der Waals surface area (Å²) >= 11 is 6.14. The Bertz CT molecular complexity index is 972. The molecule has 3 rings (SSSR count). The first-order chi connectivity index (χ1) is 13.4. The molecule has 2 aromatic carbocycles. The summed E-state index contributed by atoms with van der Waals surface area (Å²) in [6.07, 6.45) is 2.22. The van der Waals surface area contributed by atoms with E-state index in [-0.39, 0.29) is 10.3 Å². The third kappa shape index (κ3) is 4.84. The van der Waals surface area contributed by atoms with Gasteiger partial charge in [0.15, 0.2) is 5.96 Å². The van der Waals surface area contributed by atoms with E-state index in [4.69, 9.17) is 11.6 Å². The Morgan fingerprint density at radius 2 is 1.89 bits per heavy atom. The highest BCUT2D eigenvalue weighted by atomic mass is 35.5. The number of nitrogens with one attached hydrogen (secondary N) is 3. The fourth-order valence-electron chi connectivity index (χ4n) is 3.14. The van der Waals surface area contributed by atoms with Crippen molar-refractivity contribution < 1.29 is 8.42 Å². The number of aliphatic imine (C=N–C) groups is 1. The largest absolute Gasteiger partial charge is 0.356 e. The fourth-order valence-corrected chi connectivity index (χ4v) is 4.13. The highest BCUT2D eigenvalue weighted by Gasteiger charge is 2.44. The zero-order valence-electron chi connectivity index (χ0n) is 16.0. The topological polar surface area (TPSA) is 82.6 Å². The molecule has 0 radical (unpaired) electrons. The molecule has 6 nitrogen and oxygen atoms in total. The number of hydrogen-bond acceptors (Lipinski definition) is 3. The van der Waals surface area contributed by atoms with Gasteiger partial charge in [-0.2, -0.15) is 0 Å². The molecule has 0 spiro atoms. The minimum absolute atomic E-state index is 0.101. The fraction of sp³-hybridized carbons (Fsp3) is 0.350. The van der Waals surface area contributed by atoms with Crippen molar-refractivity contribution in [3.05, 3.63) is 64.7 Å². The summed E-state index contributed by atoms with van der Waals surface area (Å²) in [6.45, 7) is 1.23. The van der Waals surface area contributed by atoms with Gasteiger partial charge >= 0.3 is 0 Å². The van der Waals surface area contributed by atoms with Crippen LogP contribution in [0.3, 0.4) is 0 Å². The van der Waals surface area contributed by atoms with E-state index in [1.807, 2.05) is 24.3 Å². The molecule has 0 saturated heterocycles. The van der Waals surface area contributed by atoms with Gasteiger partial charge in [-0.05, 0) is 55.3 Å². The van der Waals surface area contributed by atoms with Gasteiger partial charge in [-0.1, -0.05) is 35.9 Å². The Kier molecular flexibility index (Phi) is 6.27. The van der Waals surface area contributed by atoms with Crippen LogP contribution in [-0.2, 0) is 22.0 Å². The van der Waals surface area contributed by atoms with E-state index in [0.29, 0.717) is 12.5 Å². The third-order valence-corrected chi connectivity index (χ3v) is 6.69. The molecule has 0 unspecified atom stereocenters. The maximum absolute atomic E-state index is 11.9. The van der Waals surface area contributed by atoms with Gasteiger partial charge in [0.05, 0.1) is 4.90 Å². The van der Waals surface area contributed by atoms with Gasteiger partial charge in [0.1, 0.15) is 0 Å². The maximum Gasteiger partial charge on any atom is 0.240 e. The Hall–Kier alpha value is -2.09. The Morgan fingerprint density at radius 3 is 2.54 bits per heavy atom. The number of rotatable bonds is 7. The molecular weight excluding hydrogens is 396 g/mol. The maximum atomic E-state index is 11.9. The summed E-state index contributed by atoms with van der Waals surface area (Å²) in [5.41, 5.74) is 2.20. The first kappa shape index (κ1) is 20.6. The van der Waals surface area contributed by atoms with Crippen molar-refractivity contribution in [3.8, 4) is 0 Å². The van der Waals surface area contributed by atoms with Crippen LogP contribution in [0.2, 0.25) is 5.02 Å². The number of sulfonamides is 1. The monoisotopic (exact) mass is 420 g/mol. The second-order valence-corrected chi connectivity index (χ2v) is 9.25. The molecule has 3 N–H and O–H groups in total. The number of halogens is 1. The number of guanidine groups is 1. The normalized spacial score (nSPS) is 15.9. The predicted molar refractivity (Wildman–Crippen MR) is 113 cm³/mol. The standard InChI is InChI=1S/C20H25ClN4O2S/c1-22-19(24-13-15-5-3-8-18(11-15)28(26,27)23-2)25-14-20(9-10-20)16-6-4-7-17(21)12-16/h3-8,11-12,23H,9-10,13-14H2,1-2H3,(H2,22,24,25). The molecule has 1 aliphatic rings. The van der Waals surface area contributed by atoms with Crippen molar-refractivity contribution in [2.24, 2.45) is 4.99 Å². The van der Waals surface area contributed by atoms with E-state index in [9.17, 15) is 8.42 Å². The molecule has 0 aromatic heterocycles. The van der Waals surface area contributed by atoms with E-state index >= 15 is 0 Å². The van der Waals surface area contributed by atoms with Crippen molar-refractivity contribution in [3.63, 3.8) is 0 Å². The van der Waals surface area contributed by atoms with Gasteiger partial charge in [-0.25, -0.2) is 13.1 Å². The second kappa shape index (κ2) is 8.51. The van der Waals surface area contributed by atoms with Crippen LogP contribution >= 0.6 is 11.6 Å². The average molecular weight is 421 g/mol. The van der Waals surface area contributed by atoms with E-state index < -0.39 is 10.0 Å². The summed E-state index contributed by atoms with van der Waals surface area (Å²) in [4.78, 5) is 4.52. The van der Waals surface area contributed by atoms with Crippen LogP contribution in [0.5, 0.6) is 0 Å². The van der Waals surface area contributed by atoms with E-state index in [1.165, 1.54) is 12.6 Å². The zero-order chi connectivity index (χ0) is 20.2. The van der Waals surface area contributed by atoms with E-state index in [1.54, 1.807) is 25.2 Å². The molecule has 150 valence electrons. The van der Waals surface area contributed by atoms with E-state index in [2.05, 4.69) is 26.4 Å². The summed E-state index contributed by atoms with van der Waals surface area (Å²) < 4.78 is 26.2. The van der Waals surface area contributed by atoms with Gasteiger partial charge in [0, 0.05) is 30.6 Å². The molecule has 0 atom stereocenters. The van der Waals surface area contributed by atoms with Gasteiger partial charge in [-0.15, -0.1) is 0 Å². The minimum atomic E-state index is -3.45. The lowest BCUT2D eigenvalue weighted by molar-refractivity contribution is 0.588. The first-order valence-electron chi connectivity index (χ1n) is 9.12. The van der Waals surface area contributed by atoms with Crippen molar-refractivity contribution in [1.29, 1.82) is 0 Å². The van der Waals surface area contributed by atoms with Crippen molar-refractivity contribution in [2.45, 2.75) is 29.7 Å². The minimum Gasteiger partial charge on any atom is -0.356 e. The van der Waals surface area contributed by atoms with Crippen LogP contribution < -0.4 is 15.4 Å². The lowest BCUT2D eigenvalue weighted by Crippen LogP contribution is -2.40. The number of nitrogens with zero attached hydrogens (tertiary/aromatic N) is 1. The Balaban J connectivity index is 1.60. The van der Waals surface area contributed by atoms with Crippen molar-refractivity contribution in [1.82, 2.24) is 15.4 Å². The Labute approximate surface area is 171 Å². The molecule has 2 aromatic rings. The summed E-state index contributed by atoms with van der Waals surface area (Å²) in [5, 5.41) is 7.38. The van der Waals surface area contributed by atoms with Crippen LogP contribution in [-0.4, -0.2) is 35.0 Å². The van der Waals surface area contributed by atoms with Crippen molar-refractivity contribution >= 4 is 27.6 Å². The molecule has 0 amide bonds. The average Bonchev–Trinajstić information content (AvgIpc) is 3.49. The van der Waals surface area contributed by atoms with Crippen LogP contribution in [0, 0.1) is 0 Å². The van der Waals surface area contributed by atoms with Crippen LogP contribution in [0.4, 0.5) is 0 Å². The first-order valence-corrected chi connectivity index (χ1v) is 11.0. The molecule has 0 aliphatic heterocycles. The summed E-state index contributed by atoms with van der Waals surface area (Å²) in [6, 6.07) is 14.8.